The maximum absolute atomic E-state index is 10.9. The van der Waals surface area contributed by atoms with Gasteiger partial charge in [-0.15, -0.1) is 11.6 Å². The van der Waals surface area contributed by atoms with Crippen molar-refractivity contribution in [2.45, 2.75) is 0 Å². The van der Waals surface area contributed by atoms with Gasteiger partial charge in [-0.2, -0.15) is 9.97 Å². The van der Waals surface area contributed by atoms with E-state index >= 15 is 0 Å². The Bertz CT molecular complexity index is 344. The van der Waals surface area contributed by atoms with Crippen LogP contribution < -0.4 is 22.5 Å². The number of anilines is 4. The van der Waals surface area contributed by atoms with Gasteiger partial charge in [0.1, 0.15) is 11.6 Å². The van der Waals surface area contributed by atoms with E-state index in [9.17, 15) is 4.79 Å². The number of nitrogens with one attached hydrogen (secondary N) is 1. The number of carbonyl (C=O) groups is 1. The van der Waals surface area contributed by atoms with Gasteiger partial charge in [0, 0.05) is 0 Å². The van der Waals surface area contributed by atoms with Crippen molar-refractivity contribution < 1.29 is 4.79 Å². The highest BCUT2D eigenvalue weighted by Crippen LogP contribution is 2.22. The van der Waals surface area contributed by atoms with Crippen LogP contribution in [0.3, 0.4) is 0 Å². The fourth-order valence-electron chi connectivity index (χ4n) is 0.816. The molecule has 0 saturated carbocycles. The Labute approximate surface area is 84.6 Å². The van der Waals surface area contributed by atoms with Crippen LogP contribution in [0.25, 0.3) is 0 Å². The summed E-state index contributed by atoms with van der Waals surface area (Å²) in [5, 5.41) is 2.35. The quantitative estimate of drug-likeness (QED) is 0.488. The minimum Gasteiger partial charge on any atom is -0.382 e. The lowest BCUT2D eigenvalue weighted by Crippen LogP contribution is -2.17. The number of nitrogens with zero attached hydrogens (tertiary/aromatic N) is 2. The molecule has 8 heteroatoms. The molecule has 1 aromatic rings. The summed E-state index contributed by atoms with van der Waals surface area (Å²) < 4.78 is 0. The molecule has 7 N–H and O–H groups in total. The van der Waals surface area contributed by atoms with E-state index in [2.05, 4.69) is 15.3 Å². The minimum atomic E-state index is -0.446. The number of nitrogen functional groups attached to an aromatic ring is 3. The number of amides is 1. The monoisotopic (exact) mass is 216 g/mol. The fraction of sp³-hybridized carbons (Fsp3) is 0.167. The predicted molar refractivity (Wildman–Crippen MR) is 54.6 cm³/mol. The first-order valence-electron chi connectivity index (χ1n) is 3.59. The largest absolute Gasteiger partial charge is 0.382 e. The van der Waals surface area contributed by atoms with Crippen LogP contribution in [0.15, 0.2) is 0 Å². The third-order valence-electron chi connectivity index (χ3n) is 1.37. The number of aromatic nitrogens is 2. The standard InChI is InChI=1S/C6H9ClN6O/c7-1-2(14)11-3-4(8)12-6(10)13-5(3)9/h1H2,(H,11,14)(H6,8,9,10,12,13). The molecule has 0 aromatic carbocycles. The van der Waals surface area contributed by atoms with Crippen molar-refractivity contribution in [1.82, 2.24) is 9.97 Å². The third kappa shape index (κ3) is 2.13. The maximum Gasteiger partial charge on any atom is 0.239 e. The van der Waals surface area contributed by atoms with Gasteiger partial charge in [0.05, 0.1) is 0 Å². The van der Waals surface area contributed by atoms with Crippen molar-refractivity contribution in [2.24, 2.45) is 0 Å². The second-order valence-electron chi connectivity index (χ2n) is 2.41. The van der Waals surface area contributed by atoms with E-state index in [1.54, 1.807) is 0 Å². The van der Waals surface area contributed by atoms with E-state index in [0.29, 0.717) is 0 Å². The molecule has 1 amide bonds. The topological polar surface area (TPSA) is 133 Å². The number of rotatable bonds is 2. The summed E-state index contributed by atoms with van der Waals surface area (Å²) in [4.78, 5) is 18.2. The van der Waals surface area contributed by atoms with Gasteiger partial charge in [-0.1, -0.05) is 0 Å². The molecule has 0 aliphatic rings. The minimum absolute atomic E-state index is 0.00784. The van der Waals surface area contributed by atoms with Crippen molar-refractivity contribution in [1.29, 1.82) is 0 Å². The van der Waals surface area contributed by atoms with Crippen LogP contribution in [-0.4, -0.2) is 21.8 Å². The van der Waals surface area contributed by atoms with E-state index in [-0.39, 0.29) is 29.2 Å². The molecule has 0 aliphatic carbocycles. The van der Waals surface area contributed by atoms with Crippen LogP contribution in [-0.2, 0) is 4.79 Å². The highest BCUT2D eigenvalue weighted by Gasteiger charge is 2.10. The Hall–Kier alpha value is -1.76. The highest BCUT2D eigenvalue weighted by molar-refractivity contribution is 6.29. The number of halogens is 1. The van der Waals surface area contributed by atoms with E-state index in [1.165, 1.54) is 0 Å². The number of hydrogen-bond acceptors (Lipinski definition) is 6. The van der Waals surface area contributed by atoms with Gasteiger partial charge in [0.2, 0.25) is 11.9 Å². The van der Waals surface area contributed by atoms with Crippen molar-refractivity contribution in [2.75, 3.05) is 28.4 Å². The normalized spacial score (nSPS) is 9.79. The van der Waals surface area contributed by atoms with Gasteiger partial charge < -0.3 is 22.5 Å². The van der Waals surface area contributed by atoms with Crippen LogP contribution >= 0.6 is 11.6 Å². The molecule has 0 unspecified atom stereocenters. The smallest absolute Gasteiger partial charge is 0.239 e. The first-order chi connectivity index (χ1) is 6.54. The van der Waals surface area contributed by atoms with Crippen LogP contribution in [0, 0.1) is 0 Å². The molecule has 14 heavy (non-hydrogen) atoms. The molecule has 0 saturated heterocycles. The van der Waals surface area contributed by atoms with Crippen LogP contribution in [0.4, 0.5) is 23.3 Å². The SMILES string of the molecule is Nc1nc(N)c(NC(=O)CCl)c(N)n1. The Morgan fingerprint density at radius 2 is 1.79 bits per heavy atom. The van der Waals surface area contributed by atoms with Gasteiger partial charge in [0.25, 0.3) is 0 Å². The summed E-state index contributed by atoms with van der Waals surface area (Å²) in [7, 11) is 0. The lowest BCUT2D eigenvalue weighted by atomic mass is 10.4. The number of alkyl halides is 1. The Balaban J connectivity index is 3.02. The number of nitrogens with two attached hydrogens (primary N) is 3. The third-order valence-corrected chi connectivity index (χ3v) is 1.61. The first-order valence-corrected chi connectivity index (χ1v) is 4.12. The van der Waals surface area contributed by atoms with Crippen molar-refractivity contribution in [3.63, 3.8) is 0 Å². The zero-order chi connectivity index (χ0) is 10.7. The molecular formula is C6H9ClN6O. The summed E-state index contributed by atoms with van der Waals surface area (Å²) in [5.74, 6) is -0.687. The average molecular weight is 217 g/mol. The van der Waals surface area contributed by atoms with Gasteiger partial charge in [-0.05, 0) is 0 Å². The first kappa shape index (κ1) is 10.3. The molecule has 1 rings (SSSR count). The van der Waals surface area contributed by atoms with Gasteiger partial charge in [0.15, 0.2) is 11.6 Å². The van der Waals surface area contributed by atoms with E-state index in [0.717, 1.165) is 0 Å². The second kappa shape index (κ2) is 3.97. The molecule has 0 bridgehead atoms. The number of hydrogen-bond donors (Lipinski definition) is 4. The van der Waals surface area contributed by atoms with Crippen LogP contribution in [0.1, 0.15) is 0 Å². The molecule has 1 heterocycles. The molecule has 0 aliphatic heterocycles. The fourth-order valence-corrected chi connectivity index (χ4v) is 0.883. The molecule has 7 nitrogen and oxygen atoms in total. The summed E-state index contributed by atoms with van der Waals surface area (Å²) >= 11 is 5.28. The Kier molecular flexibility index (Phi) is 2.92. The molecule has 0 radical (unpaired) electrons. The Morgan fingerprint density at radius 1 is 1.29 bits per heavy atom. The van der Waals surface area contributed by atoms with E-state index in [4.69, 9.17) is 28.8 Å². The van der Waals surface area contributed by atoms with Crippen LogP contribution in [0.2, 0.25) is 0 Å². The lowest BCUT2D eigenvalue weighted by molar-refractivity contribution is -0.113. The molecular weight excluding hydrogens is 208 g/mol. The van der Waals surface area contributed by atoms with Crippen molar-refractivity contribution in [3.05, 3.63) is 0 Å². The van der Waals surface area contributed by atoms with Gasteiger partial charge in [-0.3, -0.25) is 4.79 Å². The zero-order valence-electron chi connectivity index (χ0n) is 7.12. The summed E-state index contributed by atoms with van der Waals surface area (Å²) in [6.45, 7) is 0. The van der Waals surface area contributed by atoms with E-state index < -0.39 is 5.91 Å². The second-order valence-corrected chi connectivity index (χ2v) is 2.68. The predicted octanol–water partition coefficient (Wildman–Crippen LogP) is -0.600. The molecule has 76 valence electrons. The average Bonchev–Trinajstić information content (AvgIpc) is 2.10. The summed E-state index contributed by atoms with van der Waals surface area (Å²) in [5.41, 5.74) is 16.3. The molecule has 0 atom stereocenters. The van der Waals surface area contributed by atoms with Crippen LogP contribution in [0.5, 0.6) is 0 Å². The lowest BCUT2D eigenvalue weighted by Gasteiger charge is -2.08. The van der Waals surface area contributed by atoms with Gasteiger partial charge >= 0.3 is 0 Å². The molecule has 1 aromatic heterocycles. The zero-order valence-corrected chi connectivity index (χ0v) is 7.88. The maximum atomic E-state index is 10.9. The summed E-state index contributed by atoms with van der Waals surface area (Å²) in [6.07, 6.45) is 0. The van der Waals surface area contributed by atoms with Gasteiger partial charge in [-0.25, -0.2) is 0 Å². The Morgan fingerprint density at radius 3 is 2.21 bits per heavy atom. The molecule has 0 spiro atoms. The number of carbonyl (C=O) groups excluding carboxylic acids is 1. The van der Waals surface area contributed by atoms with E-state index in [1.807, 2.05) is 0 Å². The van der Waals surface area contributed by atoms with Crippen molar-refractivity contribution in [3.8, 4) is 0 Å². The highest BCUT2D eigenvalue weighted by atomic mass is 35.5. The summed E-state index contributed by atoms with van der Waals surface area (Å²) in [6, 6.07) is 0. The van der Waals surface area contributed by atoms with Crippen molar-refractivity contribution >= 4 is 40.8 Å². The molecule has 0 fully saturated rings.